The van der Waals surface area contributed by atoms with Crippen LogP contribution in [0.5, 0.6) is 0 Å². The van der Waals surface area contributed by atoms with E-state index in [1.807, 2.05) is 31.2 Å². The normalized spacial score (nSPS) is 21.1. The highest BCUT2D eigenvalue weighted by molar-refractivity contribution is 6.00. The first-order valence-corrected chi connectivity index (χ1v) is 9.35. The number of aromatic nitrogens is 3. The average molecular weight is 374 g/mol. The highest BCUT2D eigenvalue weighted by Gasteiger charge is 2.39. The number of allylic oxidation sites excluding steroid dienone is 2. The number of ketones is 1. The van der Waals surface area contributed by atoms with Gasteiger partial charge in [-0.05, 0) is 42.5 Å². The molecule has 1 N–H and O–H groups in total. The predicted octanol–water partition coefficient (Wildman–Crippen LogP) is 4.14. The minimum Gasteiger partial charge on any atom is -0.328 e. The summed E-state index contributed by atoms with van der Waals surface area (Å²) in [6.07, 6.45) is 2.59. The number of benzene rings is 2. The Kier molecular flexibility index (Phi) is 3.86. The molecule has 2 atom stereocenters. The maximum atomic E-state index is 13.3. The fraction of sp³-hybridized carbons (Fsp3) is 0.227. The van der Waals surface area contributed by atoms with Crippen LogP contribution in [0.15, 0.2) is 66.1 Å². The fourth-order valence-electron chi connectivity index (χ4n) is 4.18. The van der Waals surface area contributed by atoms with Gasteiger partial charge in [0.2, 0.25) is 5.95 Å². The van der Waals surface area contributed by atoms with Crippen LogP contribution < -0.4 is 5.32 Å². The zero-order valence-electron chi connectivity index (χ0n) is 15.4. The van der Waals surface area contributed by atoms with Crippen molar-refractivity contribution in [3.8, 4) is 0 Å². The first kappa shape index (κ1) is 16.9. The molecular formula is C22H19FN4O. The lowest BCUT2D eigenvalue weighted by atomic mass is 9.78. The summed E-state index contributed by atoms with van der Waals surface area (Å²) in [5, 5.41) is 7.67. The first-order valence-electron chi connectivity index (χ1n) is 9.35. The number of anilines is 1. The van der Waals surface area contributed by atoms with Crippen molar-refractivity contribution in [1.82, 2.24) is 14.8 Å². The molecule has 0 bridgehead atoms. The summed E-state index contributed by atoms with van der Waals surface area (Å²) >= 11 is 0. The summed E-state index contributed by atoms with van der Waals surface area (Å²) < 4.78 is 15.1. The van der Waals surface area contributed by atoms with Crippen molar-refractivity contribution in [2.75, 3.05) is 5.32 Å². The van der Waals surface area contributed by atoms with Gasteiger partial charge in [0.05, 0.1) is 0 Å². The van der Waals surface area contributed by atoms with Crippen LogP contribution in [-0.4, -0.2) is 20.5 Å². The van der Waals surface area contributed by atoms with E-state index in [1.54, 1.807) is 16.8 Å². The molecule has 0 unspecified atom stereocenters. The van der Waals surface area contributed by atoms with Gasteiger partial charge < -0.3 is 5.32 Å². The zero-order valence-corrected chi connectivity index (χ0v) is 15.4. The smallest absolute Gasteiger partial charge is 0.226 e. The number of hydrogen-bond donors (Lipinski definition) is 1. The van der Waals surface area contributed by atoms with E-state index in [1.165, 1.54) is 18.5 Å². The molecule has 6 heteroatoms. The van der Waals surface area contributed by atoms with E-state index in [9.17, 15) is 9.18 Å². The van der Waals surface area contributed by atoms with E-state index in [4.69, 9.17) is 0 Å². The van der Waals surface area contributed by atoms with Crippen LogP contribution >= 0.6 is 0 Å². The Hall–Kier alpha value is -3.28. The van der Waals surface area contributed by atoms with Crippen LogP contribution in [0, 0.1) is 12.7 Å². The van der Waals surface area contributed by atoms with Crippen LogP contribution in [0.1, 0.15) is 41.5 Å². The van der Waals surface area contributed by atoms with Crippen molar-refractivity contribution in [2.24, 2.45) is 0 Å². The third-order valence-corrected chi connectivity index (χ3v) is 5.60. The van der Waals surface area contributed by atoms with Crippen LogP contribution in [0.2, 0.25) is 0 Å². The van der Waals surface area contributed by atoms with Crippen LogP contribution in [0.4, 0.5) is 10.3 Å². The van der Waals surface area contributed by atoms with E-state index < -0.39 is 0 Å². The summed E-state index contributed by atoms with van der Waals surface area (Å²) in [5.74, 6) is 0.480. The monoisotopic (exact) mass is 374 g/mol. The van der Waals surface area contributed by atoms with Crippen LogP contribution in [0.3, 0.4) is 0 Å². The molecule has 2 aliphatic rings. The maximum absolute atomic E-state index is 13.3. The lowest BCUT2D eigenvalue weighted by molar-refractivity contribution is -0.116. The first-order chi connectivity index (χ1) is 13.6. The molecule has 5 rings (SSSR count). The van der Waals surface area contributed by atoms with Crippen molar-refractivity contribution in [1.29, 1.82) is 0 Å². The summed E-state index contributed by atoms with van der Waals surface area (Å²) in [6, 6.07) is 14.3. The van der Waals surface area contributed by atoms with Crippen molar-refractivity contribution >= 4 is 11.7 Å². The summed E-state index contributed by atoms with van der Waals surface area (Å²) in [5.41, 5.74) is 4.79. The number of Topliss-reactive ketones (excluding diaryl/α,β-unsaturated/α-hetero) is 1. The molecule has 0 spiro atoms. The highest BCUT2D eigenvalue weighted by Crippen LogP contribution is 2.43. The number of rotatable bonds is 2. The van der Waals surface area contributed by atoms with Gasteiger partial charge in [-0.25, -0.2) is 9.07 Å². The molecule has 0 fully saturated rings. The summed E-state index contributed by atoms with van der Waals surface area (Å²) in [7, 11) is 0. The number of halogens is 1. The summed E-state index contributed by atoms with van der Waals surface area (Å²) in [4.78, 5) is 17.5. The number of nitrogens with one attached hydrogen (secondary N) is 1. The Morgan fingerprint density at radius 3 is 2.50 bits per heavy atom. The lowest BCUT2D eigenvalue weighted by Crippen LogP contribution is -2.33. The molecule has 0 amide bonds. The number of fused-ring (bicyclic) bond motifs is 1. The summed E-state index contributed by atoms with van der Waals surface area (Å²) in [6.45, 7) is 2.04. The number of nitrogens with zero attached hydrogens (tertiary/aromatic N) is 3. The van der Waals surface area contributed by atoms with Gasteiger partial charge in [-0.1, -0.05) is 42.0 Å². The number of hydrogen-bond acceptors (Lipinski definition) is 4. The largest absolute Gasteiger partial charge is 0.328 e. The molecule has 140 valence electrons. The predicted molar refractivity (Wildman–Crippen MR) is 103 cm³/mol. The second-order valence-electron chi connectivity index (χ2n) is 7.44. The lowest BCUT2D eigenvalue weighted by Gasteiger charge is -2.35. The van der Waals surface area contributed by atoms with Crippen LogP contribution in [-0.2, 0) is 4.79 Å². The fourth-order valence-corrected chi connectivity index (χ4v) is 4.18. The van der Waals surface area contributed by atoms with Gasteiger partial charge in [0.25, 0.3) is 0 Å². The van der Waals surface area contributed by atoms with Crippen molar-refractivity contribution < 1.29 is 9.18 Å². The Morgan fingerprint density at radius 1 is 1.04 bits per heavy atom. The Bertz CT molecular complexity index is 1080. The minimum atomic E-state index is -0.281. The zero-order chi connectivity index (χ0) is 19.3. The quantitative estimate of drug-likeness (QED) is 0.732. The average Bonchev–Trinajstić information content (AvgIpc) is 3.16. The molecule has 0 radical (unpaired) electrons. The van der Waals surface area contributed by atoms with Gasteiger partial charge >= 0.3 is 0 Å². The van der Waals surface area contributed by atoms with Crippen molar-refractivity contribution in [3.63, 3.8) is 0 Å². The van der Waals surface area contributed by atoms with E-state index >= 15 is 0 Å². The van der Waals surface area contributed by atoms with E-state index in [0.717, 1.165) is 28.0 Å². The van der Waals surface area contributed by atoms with Crippen LogP contribution in [0.25, 0.3) is 0 Å². The molecule has 2 aromatic carbocycles. The van der Waals surface area contributed by atoms with Gasteiger partial charge in [-0.3, -0.25) is 4.79 Å². The SMILES string of the molecule is Cc1ccc([C@H]2C3=C(C[C@@H](c4ccc(F)cc4)CC3=O)Nc3ncnn32)cc1. The van der Waals surface area contributed by atoms with Gasteiger partial charge in [0.1, 0.15) is 18.2 Å². The maximum Gasteiger partial charge on any atom is 0.226 e. The Morgan fingerprint density at radius 2 is 1.75 bits per heavy atom. The minimum absolute atomic E-state index is 0.0208. The van der Waals surface area contributed by atoms with E-state index in [0.29, 0.717) is 18.8 Å². The topological polar surface area (TPSA) is 59.8 Å². The molecule has 1 aliphatic carbocycles. The third kappa shape index (κ3) is 2.72. The molecular weight excluding hydrogens is 355 g/mol. The second-order valence-corrected chi connectivity index (χ2v) is 7.44. The third-order valence-electron chi connectivity index (χ3n) is 5.60. The second kappa shape index (κ2) is 6.41. The molecule has 1 aliphatic heterocycles. The molecule has 28 heavy (non-hydrogen) atoms. The number of carbonyl (C=O) groups excluding carboxylic acids is 1. The van der Waals surface area contributed by atoms with E-state index in [2.05, 4.69) is 15.4 Å². The van der Waals surface area contributed by atoms with Gasteiger partial charge in [0.15, 0.2) is 5.78 Å². The molecule has 0 saturated carbocycles. The Balaban J connectivity index is 1.58. The molecule has 5 nitrogen and oxygen atoms in total. The van der Waals surface area contributed by atoms with Gasteiger partial charge in [0, 0.05) is 17.7 Å². The molecule has 1 aromatic heterocycles. The van der Waals surface area contributed by atoms with Gasteiger partial charge in [-0.2, -0.15) is 10.1 Å². The highest BCUT2D eigenvalue weighted by atomic mass is 19.1. The Labute approximate surface area is 161 Å². The van der Waals surface area contributed by atoms with E-state index in [-0.39, 0.29) is 23.6 Å². The van der Waals surface area contributed by atoms with Crippen molar-refractivity contribution in [2.45, 2.75) is 31.7 Å². The molecule has 0 saturated heterocycles. The van der Waals surface area contributed by atoms with Gasteiger partial charge in [-0.15, -0.1) is 0 Å². The molecule has 2 heterocycles. The molecule has 3 aromatic rings. The number of carbonyl (C=O) groups is 1. The van der Waals surface area contributed by atoms with Crippen molar-refractivity contribution in [3.05, 3.63) is 88.6 Å². The number of aryl methyl sites for hydroxylation is 1. The standard InChI is InChI=1S/C22H19FN4O/c1-13-2-4-15(5-3-13)21-20-18(26-22-24-12-25-27(21)22)10-16(11-19(20)28)14-6-8-17(23)9-7-14/h2-9,12,16,21H,10-11H2,1H3,(H,24,25,26)/t16-,21+/m1/s1.